The molecule has 1 N–H and O–H groups in total. The summed E-state index contributed by atoms with van der Waals surface area (Å²) in [5.74, 6) is -0.203. The largest absolute Gasteiger partial charge is 0.457 e. The Morgan fingerprint density at radius 3 is 1.23 bits per heavy atom. The van der Waals surface area contributed by atoms with Crippen LogP contribution in [0.5, 0.6) is 0 Å². The van der Waals surface area contributed by atoms with E-state index < -0.39 is 6.10 Å². The van der Waals surface area contributed by atoms with E-state index in [2.05, 4.69) is 50.3 Å². The van der Waals surface area contributed by atoms with Crippen molar-refractivity contribution in [2.45, 2.75) is 245 Å². The fourth-order valence-electron chi connectivity index (χ4n) is 6.71. The molecule has 0 aromatic heterocycles. The highest BCUT2D eigenvalue weighted by Crippen LogP contribution is 2.14. The van der Waals surface area contributed by atoms with Crippen molar-refractivity contribution in [3.05, 3.63) is 36.5 Å². The fraction of sp³-hybridized carbons (Fsp3) is 0.854. The zero-order valence-electron chi connectivity index (χ0n) is 35.1. The number of esters is 1. The van der Waals surface area contributed by atoms with Crippen molar-refractivity contribution in [1.82, 2.24) is 0 Å². The Labute approximate surface area is 325 Å². The second kappa shape index (κ2) is 45.8. The predicted molar refractivity (Wildman–Crippen MR) is 228 cm³/mol. The third kappa shape index (κ3) is 43.0. The fourth-order valence-corrected chi connectivity index (χ4v) is 6.71. The van der Waals surface area contributed by atoms with Crippen molar-refractivity contribution >= 4 is 5.97 Å². The summed E-state index contributed by atoms with van der Waals surface area (Å²) in [5, 5.41) is 9.62. The Bertz CT molecular complexity index is 772. The molecule has 0 aromatic rings. The smallest absolute Gasteiger partial charge is 0.306 e. The van der Waals surface area contributed by atoms with E-state index in [-0.39, 0.29) is 12.6 Å². The molecule has 0 aliphatic carbocycles. The Hall–Kier alpha value is -1.39. The molecule has 1 atom stereocenters. The van der Waals surface area contributed by atoms with Gasteiger partial charge < -0.3 is 14.6 Å². The van der Waals surface area contributed by atoms with Gasteiger partial charge in [0.1, 0.15) is 6.10 Å². The van der Waals surface area contributed by atoms with Gasteiger partial charge in [-0.15, -0.1) is 0 Å². The van der Waals surface area contributed by atoms with Gasteiger partial charge in [-0.25, -0.2) is 0 Å². The summed E-state index contributed by atoms with van der Waals surface area (Å²) in [6, 6.07) is 0. The number of hydrogen-bond acceptors (Lipinski definition) is 4. The second-order valence-electron chi connectivity index (χ2n) is 15.5. The molecule has 0 bridgehead atoms. The topological polar surface area (TPSA) is 55.8 Å². The molecule has 0 rings (SSSR count). The number of ether oxygens (including phenoxy) is 2. The van der Waals surface area contributed by atoms with Gasteiger partial charge in [0.15, 0.2) is 0 Å². The van der Waals surface area contributed by atoms with Gasteiger partial charge in [0.2, 0.25) is 0 Å². The molecule has 0 aliphatic rings. The number of carbonyl (C=O) groups excluding carboxylic acids is 1. The third-order valence-electron chi connectivity index (χ3n) is 10.2. The van der Waals surface area contributed by atoms with Gasteiger partial charge in [-0.05, 0) is 70.6 Å². The molecule has 0 radical (unpaired) electrons. The summed E-state index contributed by atoms with van der Waals surface area (Å²) >= 11 is 0. The van der Waals surface area contributed by atoms with Crippen molar-refractivity contribution < 1.29 is 19.4 Å². The number of allylic oxidation sites excluding steroid dienone is 6. The Kier molecular flexibility index (Phi) is 44.5. The normalized spacial score (nSPS) is 12.6. The minimum absolute atomic E-state index is 0.173. The molecule has 0 spiro atoms. The van der Waals surface area contributed by atoms with Gasteiger partial charge in [0.25, 0.3) is 0 Å². The second-order valence-corrected chi connectivity index (χ2v) is 15.5. The van der Waals surface area contributed by atoms with Gasteiger partial charge in [-0.3, -0.25) is 4.79 Å². The lowest BCUT2D eigenvalue weighted by molar-refractivity contribution is -0.154. The van der Waals surface area contributed by atoms with Crippen molar-refractivity contribution in [2.24, 2.45) is 0 Å². The molecule has 0 amide bonds. The Morgan fingerprint density at radius 1 is 0.462 bits per heavy atom. The van der Waals surface area contributed by atoms with Crippen LogP contribution in [0.3, 0.4) is 0 Å². The molecular weight excluding hydrogens is 641 g/mol. The number of unbranched alkanes of at least 4 members (excludes halogenated alkanes) is 29. The quantitative estimate of drug-likeness (QED) is 0.0385. The summed E-state index contributed by atoms with van der Waals surface area (Å²) < 4.78 is 11.2. The van der Waals surface area contributed by atoms with Gasteiger partial charge in [0, 0.05) is 13.0 Å². The number of hydrogen-bond donors (Lipinski definition) is 1. The summed E-state index contributed by atoms with van der Waals surface area (Å²) in [6.45, 7) is 5.34. The summed E-state index contributed by atoms with van der Waals surface area (Å²) in [4.78, 5) is 12.2. The first-order valence-corrected chi connectivity index (χ1v) is 23.1. The van der Waals surface area contributed by atoms with Crippen LogP contribution < -0.4 is 0 Å². The van der Waals surface area contributed by atoms with Crippen LogP contribution in [-0.2, 0) is 14.3 Å². The third-order valence-corrected chi connectivity index (χ3v) is 10.2. The first-order chi connectivity index (χ1) is 25.7. The average molecular weight is 731 g/mol. The molecular formula is C48H90O4. The number of carbonyl (C=O) groups is 1. The molecule has 0 aromatic carbocycles. The van der Waals surface area contributed by atoms with Crippen LogP contribution in [0.2, 0.25) is 0 Å². The number of rotatable bonds is 43. The van der Waals surface area contributed by atoms with Crippen LogP contribution in [0.1, 0.15) is 239 Å². The number of aliphatic hydroxyl groups is 1. The lowest BCUT2D eigenvalue weighted by atomic mass is 10.1. The highest BCUT2D eigenvalue weighted by molar-refractivity contribution is 5.69. The minimum atomic E-state index is -0.537. The van der Waals surface area contributed by atoms with Crippen molar-refractivity contribution in [3.63, 3.8) is 0 Å². The van der Waals surface area contributed by atoms with Crippen molar-refractivity contribution in [1.29, 1.82) is 0 Å². The molecule has 52 heavy (non-hydrogen) atoms. The highest BCUT2D eigenvalue weighted by atomic mass is 16.6. The molecule has 0 saturated heterocycles. The summed E-state index contributed by atoms with van der Waals surface area (Å²) in [7, 11) is 0. The maximum atomic E-state index is 12.2. The van der Waals surface area contributed by atoms with E-state index in [1.165, 1.54) is 193 Å². The zero-order valence-corrected chi connectivity index (χ0v) is 35.1. The van der Waals surface area contributed by atoms with Crippen LogP contribution in [-0.4, -0.2) is 37.0 Å². The van der Waals surface area contributed by atoms with Crippen LogP contribution in [0.15, 0.2) is 36.5 Å². The molecule has 0 fully saturated rings. The molecule has 0 heterocycles. The van der Waals surface area contributed by atoms with Crippen LogP contribution in [0, 0.1) is 0 Å². The first kappa shape index (κ1) is 50.6. The van der Waals surface area contributed by atoms with Gasteiger partial charge >= 0.3 is 5.97 Å². The Balaban J connectivity index is 3.42. The molecule has 306 valence electrons. The predicted octanol–water partition coefficient (Wildman–Crippen LogP) is 15.3. The average Bonchev–Trinajstić information content (AvgIpc) is 3.15. The van der Waals surface area contributed by atoms with Gasteiger partial charge in [0.05, 0.1) is 13.2 Å². The standard InChI is InChI=1S/C48H90O4/c1-3-5-7-9-11-13-15-17-19-21-23-24-25-27-29-31-33-35-37-39-41-43-48(50)52-47(45-49)46-51-44-42-40-38-36-34-32-30-28-26-22-20-18-16-14-12-10-8-6-4-2/h14,16,20-23,47,49H,3-13,15,17-19,24-46H2,1-2H3/b16-14-,22-20-,23-21-. The molecule has 0 aliphatic heterocycles. The minimum Gasteiger partial charge on any atom is -0.457 e. The first-order valence-electron chi connectivity index (χ1n) is 23.1. The van der Waals surface area contributed by atoms with Gasteiger partial charge in [-0.2, -0.15) is 0 Å². The SMILES string of the molecule is CCCCCC/C=C\C/C=C\CCCCCCCCCCOCC(CO)OC(=O)CCCCCCCCCCC/C=C\CCCCCCCCCC. The molecule has 0 saturated carbocycles. The summed E-state index contributed by atoms with van der Waals surface area (Å²) in [5.41, 5.74) is 0. The van der Waals surface area contributed by atoms with E-state index in [0.717, 1.165) is 25.7 Å². The molecule has 4 heteroatoms. The number of aliphatic hydroxyl groups excluding tert-OH is 1. The zero-order chi connectivity index (χ0) is 37.7. The molecule has 1 unspecified atom stereocenters. The maximum absolute atomic E-state index is 12.2. The van der Waals surface area contributed by atoms with Crippen LogP contribution in [0.4, 0.5) is 0 Å². The van der Waals surface area contributed by atoms with E-state index in [4.69, 9.17) is 9.47 Å². The maximum Gasteiger partial charge on any atom is 0.306 e. The van der Waals surface area contributed by atoms with E-state index in [0.29, 0.717) is 19.6 Å². The lowest BCUT2D eigenvalue weighted by Gasteiger charge is -2.16. The molecule has 4 nitrogen and oxygen atoms in total. The van der Waals surface area contributed by atoms with Gasteiger partial charge in [-0.1, -0.05) is 198 Å². The van der Waals surface area contributed by atoms with E-state index in [1.807, 2.05) is 0 Å². The monoisotopic (exact) mass is 731 g/mol. The van der Waals surface area contributed by atoms with E-state index >= 15 is 0 Å². The lowest BCUT2D eigenvalue weighted by Crippen LogP contribution is -2.27. The van der Waals surface area contributed by atoms with Crippen molar-refractivity contribution in [3.8, 4) is 0 Å². The van der Waals surface area contributed by atoms with Crippen LogP contribution >= 0.6 is 0 Å². The Morgan fingerprint density at radius 2 is 0.808 bits per heavy atom. The van der Waals surface area contributed by atoms with Crippen molar-refractivity contribution in [2.75, 3.05) is 19.8 Å². The van der Waals surface area contributed by atoms with E-state index in [9.17, 15) is 9.90 Å². The summed E-state index contributed by atoms with van der Waals surface area (Å²) in [6.07, 6.45) is 57.8. The van der Waals surface area contributed by atoms with E-state index in [1.54, 1.807) is 0 Å². The van der Waals surface area contributed by atoms with Crippen LogP contribution in [0.25, 0.3) is 0 Å². The highest BCUT2D eigenvalue weighted by Gasteiger charge is 2.13.